The molecule has 14 heavy (non-hydrogen) atoms. The lowest BCUT2D eigenvalue weighted by atomic mass is 10.1. The average Bonchev–Trinajstić information content (AvgIpc) is 2.17. The van der Waals surface area contributed by atoms with Crippen LogP contribution in [-0.2, 0) is 0 Å². The van der Waals surface area contributed by atoms with Crippen molar-refractivity contribution in [3.05, 3.63) is 34.3 Å². The normalized spacial score (nSPS) is 13.2. The number of benzene rings is 1. The van der Waals surface area contributed by atoms with E-state index in [9.17, 15) is 0 Å². The summed E-state index contributed by atoms with van der Waals surface area (Å²) in [6, 6.07) is 8.81. The molecule has 0 spiro atoms. The van der Waals surface area contributed by atoms with Crippen LogP contribution in [0.25, 0.3) is 0 Å². The molecule has 0 aliphatic rings. The first-order valence-corrected chi connectivity index (χ1v) is 5.60. The Hall–Kier alpha value is -0.380. The highest BCUT2D eigenvalue weighted by Crippen LogP contribution is 2.21. The van der Waals surface area contributed by atoms with Crippen LogP contribution >= 0.6 is 15.9 Å². The van der Waals surface area contributed by atoms with E-state index in [-0.39, 0.29) is 0 Å². The van der Waals surface area contributed by atoms with Crippen LogP contribution in [0, 0.1) is 0 Å². The van der Waals surface area contributed by atoms with Crippen molar-refractivity contribution >= 4 is 15.9 Å². The van der Waals surface area contributed by atoms with Gasteiger partial charge in [-0.15, -0.1) is 0 Å². The highest BCUT2D eigenvalue weighted by Gasteiger charge is 2.10. The molecule has 0 aromatic heterocycles. The van der Waals surface area contributed by atoms with Gasteiger partial charge in [0.05, 0.1) is 0 Å². The molecule has 0 aliphatic carbocycles. The van der Waals surface area contributed by atoms with E-state index in [0.29, 0.717) is 12.6 Å². The molecule has 0 aliphatic heterocycles. The van der Waals surface area contributed by atoms with Gasteiger partial charge in [0.1, 0.15) is 0 Å². The highest BCUT2D eigenvalue weighted by molar-refractivity contribution is 9.10. The lowest BCUT2D eigenvalue weighted by molar-refractivity contribution is 0.269. The van der Waals surface area contributed by atoms with Crippen molar-refractivity contribution in [2.75, 3.05) is 20.1 Å². The lowest BCUT2D eigenvalue weighted by Crippen LogP contribution is -2.28. The Morgan fingerprint density at radius 2 is 2.21 bits per heavy atom. The molecule has 0 amide bonds. The molecule has 3 heteroatoms. The fourth-order valence-corrected chi connectivity index (χ4v) is 1.84. The van der Waals surface area contributed by atoms with Crippen molar-refractivity contribution in [3.63, 3.8) is 0 Å². The minimum atomic E-state index is 0.413. The second-order valence-corrected chi connectivity index (χ2v) is 4.42. The van der Waals surface area contributed by atoms with Crippen molar-refractivity contribution < 1.29 is 0 Å². The Morgan fingerprint density at radius 1 is 1.50 bits per heavy atom. The van der Waals surface area contributed by atoms with Crippen molar-refractivity contribution in [2.24, 2.45) is 5.73 Å². The summed E-state index contributed by atoms with van der Waals surface area (Å²) in [5, 5.41) is 0. The maximum absolute atomic E-state index is 5.52. The number of rotatable bonds is 4. The molecule has 0 saturated carbocycles. The van der Waals surface area contributed by atoms with Gasteiger partial charge in [-0.05, 0) is 31.7 Å². The van der Waals surface area contributed by atoms with E-state index in [0.717, 1.165) is 11.0 Å². The molecule has 0 bridgehead atoms. The van der Waals surface area contributed by atoms with Gasteiger partial charge in [-0.2, -0.15) is 0 Å². The van der Waals surface area contributed by atoms with E-state index in [1.165, 1.54) is 5.56 Å². The summed E-state index contributed by atoms with van der Waals surface area (Å²) in [6.45, 7) is 3.82. The van der Waals surface area contributed by atoms with Crippen LogP contribution in [0.15, 0.2) is 28.7 Å². The minimum absolute atomic E-state index is 0.413. The summed E-state index contributed by atoms with van der Waals surface area (Å²) in [6.07, 6.45) is 0. The van der Waals surface area contributed by atoms with E-state index in [4.69, 9.17) is 5.73 Å². The zero-order valence-electron chi connectivity index (χ0n) is 8.70. The molecule has 1 aromatic rings. The fraction of sp³-hybridized carbons (Fsp3) is 0.455. The van der Waals surface area contributed by atoms with Gasteiger partial charge >= 0.3 is 0 Å². The van der Waals surface area contributed by atoms with Crippen LogP contribution in [0.1, 0.15) is 18.5 Å². The Morgan fingerprint density at radius 3 is 2.79 bits per heavy atom. The van der Waals surface area contributed by atoms with E-state index in [1.807, 2.05) is 6.07 Å². The van der Waals surface area contributed by atoms with Crippen LogP contribution in [0.5, 0.6) is 0 Å². The summed E-state index contributed by atoms with van der Waals surface area (Å²) in [7, 11) is 2.10. The predicted molar refractivity (Wildman–Crippen MR) is 64.2 cm³/mol. The van der Waals surface area contributed by atoms with Gasteiger partial charge < -0.3 is 5.73 Å². The number of hydrogen-bond donors (Lipinski definition) is 1. The SMILES string of the molecule is CC(c1cccc(Br)c1)N(C)CCN. The average molecular weight is 257 g/mol. The van der Waals surface area contributed by atoms with E-state index in [1.54, 1.807) is 0 Å². The number of hydrogen-bond acceptors (Lipinski definition) is 2. The highest BCUT2D eigenvalue weighted by atomic mass is 79.9. The van der Waals surface area contributed by atoms with Crippen molar-refractivity contribution in [3.8, 4) is 0 Å². The van der Waals surface area contributed by atoms with Crippen molar-refractivity contribution in [2.45, 2.75) is 13.0 Å². The van der Waals surface area contributed by atoms with Gasteiger partial charge in [-0.1, -0.05) is 28.1 Å². The minimum Gasteiger partial charge on any atom is -0.329 e. The molecule has 0 fully saturated rings. The van der Waals surface area contributed by atoms with Gasteiger partial charge in [0.15, 0.2) is 0 Å². The van der Waals surface area contributed by atoms with Gasteiger partial charge in [0.25, 0.3) is 0 Å². The number of nitrogens with zero attached hydrogens (tertiary/aromatic N) is 1. The number of nitrogens with two attached hydrogens (primary N) is 1. The summed E-state index contributed by atoms with van der Waals surface area (Å²) in [4.78, 5) is 2.25. The fourth-order valence-electron chi connectivity index (χ4n) is 1.42. The Bertz CT molecular complexity index is 288. The third-order valence-electron chi connectivity index (χ3n) is 2.47. The summed E-state index contributed by atoms with van der Waals surface area (Å²) < 4.78 is 1.13. The quantitative estimate of drug-likeness (QED) is 0.897. The largest absolute Gasteiger partial charge is 0.329 e. The molecule has 1 rings (SSSR count). The van der Waals surface area contributed by atoms with Crippen LogP contribution in [0.4, 0.5) is 0 Å². The Kier molecular flexibility index (Phi) is 4.58. The van der Waals surface area contributed by atoms with Crippen LogP contribution in [0.3, 0.4) is 0 Å². The molecular formula is C11H17BrN2. The first-order valence-electron chi connectivity index (χ1n) is 4.81. The van der Waals surface area contributed by atoms with Gasteiger partial charge in [-0.25, -0.2) is 0 Å². The first kappa shape index (κ1) is 11.7. The molecule has 0 saturated heterocycles. The Balaban J connectivity index is 2.73. The standard InChI is InChI=1S/C11H17BrN2/c1-9(14(2)7-6-13)10-4-3-5-11(12)8-10/h3-5,8-9H,6-7,13H2,1-2H3. The third-order valence-corrected chi connectivity index (χ3v) is 2.97. The molecule has 1 atom stereocenters. The van der Waals surface area contributed by atoms with E-state index in [2.05, 4.69) is 53.0 Å². The zero-order chi connectivity index (χ0) is 10.6. The van der Waals surface area contributed by atoms with Gasteiger partial charge in [0, 0.05) is 23.6 Å². The van der Waals surface area contributed by atoms with Crippen molar-refractivity contribution in [1.29, 1.82) is 0 Å². The summed E-state index contributed by atoms with van der Waals surface area (Å²) >= 11 is 3.48. The first-order chi connectivity index (χ1) is 6.65. The molecule has 0 radical (unpaired) electrons. The van der Waals surface area contributed by atoms with Crippen molar-refractivity contribution in [1.82, 2.24) is 4.90 Å². The summed E-state index contributed by atoms with van der Waals surface area (Å²) in [5.41, 5.74) is 6.84. The second-order valence-electron chi connectivity index (χ2n) is 3.50. The van der Waals surface area contributed by atoms with E-state index < -0.39 is 0 Å². The maximum atomic E-state index is 5.52. The summed E-state index contributed by atoms with van der Waals surface area (Å²) in [5.74, 6) is 0. The number of likely N-dealkylation sites (N-methyl/N-ethyl adjacent to an activating group) is 1. The molecule has 2 N–H and O–H groups in total. The third kappa shape index (κ3) is 3.08. The molecule has 78 valence electrons. The predicted octanol–water partition coefficient (Wildman–Crippen LogP) is 2.40. The second kappa shape index (κ2) is 5.49. The van der Waals surface area contributed by atoms with Gasteiger partial charge in [0.2, 0.25) is 0 Å². The smallest absolute Gasteiger partial charge is 0.0317 e. The monoisotopic (exact) mass is 256 g/mol. The molecular weight excluding hydrogens is 240 g/mol. The molecule has 1 unspecified atom stereocenters. The van der Waals surface area contributed by atoms with E-state index >= 15 is 0 Å². The van der Waals surface area contributed by atoms with Crippen LogP contribution in [0.2, 0.25) is 0 Å². The number of halogens is 1. The maximum Gasteiger partial charge on any atom is 0.0317 e. The lowest BCUT2D eigenvalue weighted by Gasteiger charge is -2.24. The zero-order valence-corrected chi connectivity index (χ0v) is 10.3. The molecule has 2 nitrogen and oxygen atoms in total. The molecule has 0 heterocycles. The van der Waals surface area contributed by atoms with Crippen LogP contribution < -0.4 is 5.73 Å². The Labute approximate surface area is 94.2 Å². The topological polar surface area (TPSA) is 29.3 Å². The van der Waals surface area contributed by atoms with Crippen LogP contribution in [-0.4, -0.2) is 25.0 Å². The molecule has 1 aromatic carbocycles. The van der Waals surface area contributed by atoms with Gasteiger partial charge in [-0.3, -0.25) is 4.90 Å².